The van der Waals surface area contributed by atoms with Crippen LogP contribution in [0.15, 0.2) is 185 Å². The maximum Gasteiger partial charge on any atom is 0.143 e. The summed E-state index contributed by atoms with van der Waals surface area (Å²) in [5.74, 6) is 0.137. The number of para-hydroxylation sites is 2. The molecule has 0 saturated heterocycles. The van der Waals surface area contributed by atoms with Crippen molar-refractivity contribution in [2.75, 3.05) is 4.90 Å². The average molecular weight is 631 g/mol. The lowest BCUT2D eigenvalue weighted by molar-refractivity contribution is 0.583. The van der Waals surface area contributed by atoms with Crippen LogP contribution in [0.2, 0.25) is 0 Å². The number of benzene rings is 7. The molecule has 2 unspecified atom stereocenters. The Morgan fingerprint density at radius 1 is 0.551 bits per heavy atom. The summed E-state index contributed by atoms with van der Waals surface area (Å²) in [5, 5.41) is 4.45. The van der Waals surface area contributed by atoms with E-state index in [1.807, 2.05) is 0 Å². The van der Waals surface area contributed by atoms with Gasteiger partial charge in [-0.05, 0) is 76.2 Å². The minimum Gasteiger partial charge on any atom is -0.455 e. The first-order chi connectivity index (χ1) is 24.2. The number of anilines is 3. The summed E-state index contributed by atoms with van der Waals surface area (Å²) >= 11 is 0. The molecule has 0 N–H and O–H groups in total. The van der Waals surface area contributed by atoms with Crippen molar-refractivity contribution in [2.24, 2.45) is 10.9 Å². The summed E-state index contributed by atoms with van der Waals surface area (Å²) < 4.78 is 6.80. The standard InChI is InChI=1S/C46H34N2O/c1-31-38(32-17-6-2-7-18-32)30-41(33-19-8-3-9-20-33)47-45(31)39-29-40-44-42(48(34-21-10-4-11-22-34)35-23-12-5-13-24-35)27-16-28-43(44)49-46(40)37-26-15-14-25-36(37)39/h2-31,45H,1H3. The van der Waals surface area contributed by atoms with E-state index < -0.39 is 0 Å². The van der Waals surface area contributed by atoms with Crippen molar-refractivity contribution >= 4 is 61.1 Å². The lowest BCUT2D eigenvalue weighted by atomic mass is 9.80. The molecule has 1 aliphatic heterocycles. The van der Waals surface area contributed by atoms with Crippen LogP contribution in [0.25, 0.3) is 38.3 Å². The molecule has 9 rings (SSSR count). The lowest BCUT2D eigenvalue weighted by Gasteiger charge is -2.30. The van der Waals surface area contributed by atoms with Crippen LogP contribution in [0.5, 0.6) is 0 Å². The fourth-order valence-electron chi connectivity index (χ4n) is 7.50. The predicted octanol–water partition coefficient (Wildman–Crippen LogP) is 12.5. The van der Waals surface area contributed by atoms with Crippen LogP contribution < -0.4 is 4.90 Å². The molecule has 0 aliphatic carbocycles. The Hall–Kier alpha value is -6.19. The van der Waals surface area contributed by atoms with Crippen molar-refractivity contribution < 1.29 is 4.42 Å². The van der Waals surface area contributed by atoms with Gasteiger partial charge in [0.25, 0.3) is 0 Å². The second-order valence-electron chi connectivity index (χ2n) is 12.7. The first kappa shape index (κ1) is 29.0. The Morgan fingerprint density at radius 2 is 1.12 bits per heavy atom. The molecule has 0 fully saturated rings. The fourth-order valence-corrected chi connectivity index (χ4v) is 7.50. The van der Waals surface area contributed by atoms with E-state index in [4.69, 9.17) is 9.41 Å². The highest BCUT2D eigenvalue weighted by atomic mass is 16.3. The topological polar surface area (TPSA) is 28.7 Å². The molecular weight excluding hydrogens is 597 g/mol. The summed E-state index contributed by atoms with van der Waals surface area (Å²) in [4.78, 5) is 7.88. The molecule has 1 aliphatic rings. The average Bonchev–Trinajstić information content (AvgIpc) is 3.56. The zero-order valence-electron chi connectivity index (χ0n) is 27.2. The van der Waals surface area contributed by atoms with E-state index in [2.05, 4.69) is 188 Å². The number of rotatable bonds is 6. The molecule has 49 heavy (non-hydrogen) atoms. The van der Waals surface area contributed by atoms with E-state index in [1.54, 1.807) is 0 Å². The Bertz CT molecular complexity index is 2460. The van der Waals surface area contributed by atoms with E-state index in [-0.39, 0.29) is 12.0 Å². The monoisotopic (exact) mass is 630 g/mol. The normalized spacial score (nSPS) is 16.1. The third-order valence-corrected chi connectivity index (χ3v) is 9.81. The first-order valence-corrected chi connectivity index (χ1v) is 16.9. The SMILES string of the molecule is CC1C(c2ccccc2)=CC(c2ccccc2)=NC1c1cc2c(oc3cccc(N(c4ccccc4)c4ccccc4)c32)c2ccccc12. The number of allylic oxidation sites excluding steroid dienone is 1. The summed E-state index contributed by atoms with van der Waals surface area (Å²) in [7, 11) is 0. The number of fused-ring (bicyclic) bond motifs is 5. The van der Waals surface area contributed by atoms with E-state index >= 15 is 0 Å². The third kappa shape index (κ3) is 5.03. The maximum atomic E-state index is 6.80. The number of hydrogen-bond acceptors (Lipinski definition) is 3. The van der Waals surface area contributed by atoms with Gasteiger partial charge in [0.2, 0.25) is 0 Å². The Balaban J connectivity index is 1.32. The van der Waals surface area contributed by atoms with Crippen molar-refractivity contribution in [1.29, 1.82) is 0 Å². The number of hydrogen-bond donors (Lipinski definition) is 0. The molecule has 0 bridgehead atoms. The second-order valence-corrected chi connectivity index (χ2v) is 12.7. The molecule has 0 amide bonds. The van der Waals surface area contributed by atoms with Gasteiger partial charge in [-0.1, -0.05) is 134 Å². The van der Waals surface area contributed by atoms with Gasteiger partial charge in [0.15, 0.2) is 0 Å². The summed E-state index contributed by atoms with van der Waals surface area (Å²) in [6.45, 7) is 2.32. The van der Waals surface area contributed by atoms with Crippen LogP contribution in [0.1, 0.15) is 29.7 Å². The molecule has 0 saturated carbocycles. The molecule has 2 atom stereocenters. The smallest absolute Gasteiger partial charge is 0.143 e. The van der Waals surface area contributed by atoms with Gasteiger partial charge in [0.1, 0.15) is 11.2 Å². The summed E-state index contributed by atoms with van der Waals surface area (Å²) in [5.41, 5.74) is 10.9. The molecule has 1 aromatic heterocycles. The highest BCUT2D eigenvalue weighted by Gasteiger charge is 2.31. The van der Waals surface area contributed by atoms with E-state index in [0.717, 1.165) is 55.7 Å². The van der Waals surface area contributed by atoms with Gasteiger partial charge in [0, 0.05) is 28.1 Å². The van der Waals surface area contributed by atoms with Crippen LogP contribution in [-0.4, -0.2) is 5.71 Å². The van der Waals surface area contributed by atoms with Crippen LogP contribution in [0.3, 0.4) is 0 Å². The lowest BCUT2D eigenvalue weighted by Crippen LogP contribution is -2.18. The van der Waals surface area contributed by atoms with Crippen LogP contribution in [0.4, 0.5) is 17.1 Å². The van der Waals surface area contributed by atoms with Crippen molar-refractivity contribution in [3.05, 3.63) is 193 Å². The van der Waals surface area contributed by atoms with Crippen molar-refractivity contribution in [3.8, 4) is 0 Å². The molecule has 3 heteroatoms. The van der Waals surface area contributed by atoms with E-state index in [1.165, 1.54) is 22.1 Å². The quantitative estimate of drug-likeness (QED) is 0.183. The largest absolute Gasteiger partial charge is 0.455 e. The minimum atomic E-state index is -0.110. The first-order valence-electron chi connectivity index (χ1n) is 16.9. The molecule has 8 aromatic rings. The van der Waals surface area contributed by atoms with E-state index in [9.17, 15) is 0 Å². The van der Waals surface area contributed by atoms with Gasteiger partial charge in [-0.2, -0.15) is 0 Å². The highest BCUT2D eigenvalue weighted by Crippen LogP contribution is 2.48. The summed E-state index contributed by atoms with van der Waals surface area (Å²) in [6.07, 6.45) is 2.29. The molecule has 3 nitrogen and oxygen atoms in total. The predicted molar refractivity (Wildman–Crippen MR) is 205 cm³/mol. The minimum absolute atomic E-state index is 0.110. The summed E-state index contributed by atoms with van der Waals surface area (Å²) in [6, 6.07) is 59.8. The van der Waals surface area contributed by atoms with Gasteiger partial charge in [-0.3, -0.25) is 4.99 Å². The Labute approximate surface area is 286 Å². The van der Waals surface area contributed by atoms with Gasteiger partial charge in [-0.15, -0.1) is 0 Å². The molecular formula is C46H34N2O. The fraction of sp³-hybridized carbons (Fsp3) is 0.0652. The number of furan rings is 1. The van der Waals surface area contributed by atoms with Gasteiger partial charge in [0.05, 0.1) is 22.8 Å². The highest BCUT2D eigenvalue weighted by molar-refractivity contribution is 6.21. The molecule has 2 heterocycles. The van der Waals surface area contributed by atoms with Crippen LogP contribution in [-0.2, 0) is 0 Å². The Morgan fingerprint density at radius 3 is 1.78 bits per heavy atom. The maximum absolute atomic E-state index is 6.80. The second kappa shape index (κ2) is 12.1. The Kier molecular flexibility index (Phi) is 7.17. The third-order valence-electron chi connectivity index (χ3n) is 9.81. The number of dihydropyridines is 1. The zero-order chi connectivity index (χ0) is 32.7. The zero-order valence-corrected chi connectivity index (χ0v) is 27.2. The van der Waals surface area contributed by atoms with Crippen molar-refractivity contribution in [3.63, 3.8) is 0 Å². The molecule has 234 valence electrons. The molecule has 7 aromatic carbocycles. The molecule has 0 radical (unpaired) electrons. The van der Waals surface area contributed by atoms with Crippen LogP contribution in [0, 0.1) is 5.92 Å². The number of aliphatic imine (C=N–C) groups is 1. The van der Waals surface area contributed by atoms with Crippen molar-refractivity contribution in [1.82, 2.24) is 0 Å². The molecule has 0 spiro atoms. The van der Waals surface area contributed by atoms with Gasteiger partial charge < -0.3 is 9.32 Å². The van der Waals surface area contributed by atoms with E-state index in [0.29, 0.717) is 0 Å². The van der Waals surface area contributed by atoms with Gasteiger partial charge in [-0.25, -0.2) is 0 Å². The van der Waals surface area contributed by atoms with Crippen molar-refractivity contribution in [2.45, 2.75) is 13.0 Å². The van der Waals surface area contributed by atoms with Gasteiger partial charge >= 0.3 is 0 Å². The van der Waals surface area contributed by atoms with Crippen LogP contribution >= 0.6 is 0 Å². The number of nitrogens with zero attached hydrogens (tertiary/aromatic N) is 2.